The minimum absolute atomic E-state index is 0. The molecule has 0 atom stereocenters. The summed E-state index contributed by atoms with van der Waals surface area (Å²) in [5, 5.41) is 0. The van der Waals surface area contributed by atoms with Gasteiger partial charge in [0, 0.05) is 32.7 Å². The van der Waals surface area contributed by atoms with Crippen LogP contribution in [0.4, 0.5) is 5.95 Å². The lowest BCUT2D eigenvalue weighted by Crippen LogP contribution is -2.46. The van der Waals surface area contributed by atoms with Crippen molar-refractivity contribution in [2.24, 2.45) is 0 Å². The Balaban J connectivity index is 0.00000105. The van der Waals surface area contributed by atoms with Gasteiger partial charge in [-0.3, -0.25) is 4.90 Å². The lowest BCUT2D eigenvalue weighted by atomic mass is 10.1. The van der Waals surface area contributed by atoms with Crippen LogP contribution in [0.15, 0.2) is 30.7 Å². The predicted molar refractivity (Wildman–Crippen MR) is 106 cm³/mol. The van der Waals surface area contributed by atoms with Crippen molar-refractivity contribution in [1.29, 1.82) is 0 Å². The second-order valence-corrected chi connectivity index (χ2v) is 6.26. The van der Waals surface area contributed by atoms with Crippen LogP contribution in [0.3, 0.4) is 0 Å². The number of ether oxygens (including phenoxy) is 2. The van der Waals surface area contributed by atoms with E-state index in [0.717, 1.165) is 55.7 Å². The SMILES string of the molecule is Cl.Cl.c1nc2nc(N3CCN(Cc4ccc5c(c4)OCO5)CC3)ncc2[nH]1. The summed E-state index contributed by atoms with van der Waals surface area (Å²) >= 11 is 0. The van der Waals surface area contributed by atoms with Gasteiger partial charge in [-0.05, 0) is 17.7 Å². The Hall–Kier alpha value is -2.29. The van der Waals surface area contributed by atoms with E-state index < -0.39 is 0 Å². The van der Waals surface area contributed by atoms with Gasteiger partial charge in [-0.15, -0.1) is 24.8 Å². The van der Waals surface area contributed by atoms with E-state index in [9.17, 15) is 0 Å². The van der Waals surface area contributed by atoms with Gasteiger partial charge < -0.3 is 19.4 Å². The van der Waals surface area contributed by atoms with Crippen LogP contribution in [0, 0.1) is 0 Å². The number of fused-ring (bicyclic) bond motifs is 2. The number of rotatable bonds is 3. The molecule has 5 rings (SSSR count). The van der Waals surface area contributed by atoms with Crippen molar-refractivity contribution in [1.82, 2.24) is 24.8 Å². The number of hydrogen-bond donors (Lipinski definition) is 1. The molecule has 0 radical (unpaired) electrons. The molecule has 0 unspecified atom stereocenters. The summed E-state index contributed by atoms with van der Waals surface area (Å²) in [6.45, 7) is 4.97. The van der Waals surface area contributed by atoms with Crippen LogP contribution in [0.5, 0.6) is 11.5 Å². The van der Waals surface area contributed by atoms with Crippen molar-refractivity contribution >= 4 is 41.9 Å². The standard InChI is InChI=1S/C17H18N6O2.2ClH/c1-2-14-15(25-11-24-14)7-12(1)9-22-3-5-23(6-4-22)17-18-8-13-16(21-17)20-10-19-13;;/h1-2,7-8,10H,3-6,9,11H2,(H,18,19,20,21);2*1H. The Morgan fingerprint density at radius 2 is 1.81 bits per heavy atom. The molecular weight excluding hydrogens is 391 g/mol. The highest BCUT2D eigenvalue weighted by Gasteiger charge is 2.20. The van der Waals surface area contributed by atoms with Crippen LogP contribution in [0.25, 0.3) is 11.2 Å². The maximum absolute atomic E-state index is 5.46. The van der Waals surface area contributed by atoms with Gasteiger partial charge in [0.25, 0.3) is 0 Å². The number of anilines is 1. The van der Waals surface area contributed by atoms with Crippen molar-refractivity contribution in [3.05, 3.63) is 36.3 Å². The van der Waals surface area contributed by atoms with Gasteiger partial charge in [0.1, 0.15) is 5.52 Å². The topological polar surface area (TPSA) is 79.4 Å². The third-order valence-electron chi connectivity index (χ3n) is 4.66. The summed E-state index contributed by atoms with van der Waals surface area (Å²) < 4.78 is 10.8. The van der Waals surface area contributed by atoms with Gasteiger partial charge in [0.05, 0.1) is 12.5 Å². The van der Waals surface area contributed by atoms with Crippen molar-refractivity contribution in [3.63, 3.8) is 0 Å². The number of aromatic nitrogens is 4. The zero-order valence-corrected chi connectivity index (χ0v) is 16.1. The average Bonchev–Trinajstić information content (AvgIpc) is 3.30. The van der Waals surface area contributed by atoms with E-state index in [1.165, 1.54) is 5.56 Å². The van der Waals surface area contributed by atoms with Crippen molar-refractivity contribution in [2.45, 2.75) is 6.54 Å². The number of nitrogens with one attached hydrogen (secondary N) is 1. The molecule has 1 N–H and O–H groups in total. The molecule has 1 fully saturated rings. The monoisotopic (exact) mass is 410 g/mol. The van der Waals surface area contributed by atoms with Gasteiger partial charge in [0.15, 0.2) is 17.1 Å². The fourth-order valence-corrected chi connectivity index (χ4v) is 3.28. The molecule has 10 heteroatoms. The van der Waals surface area contributed by atoms with Crippen LogP contribution in [-0.2, 0) is 6.54 Å². The molecular formula is C17H20Cl2N6O2. The van der Waals surface area contributed by atoms with E-state index in [0.29, 0.717) is 12.4 Å². The van der Waals surface area contributed by atoms with Crippen molar-refractivity contribution in [3.8, 4) is 11.5 Å². The summed E-state index contributed by atoms with van der Waals surface area (Å²) in [6, 6.07) is 6.17. The third-order valence-corrected chi connectivity index (χ3v) is 4.66. The van der Waals surface area contributed by atoms with Crippen LogP contribution < -0.4 is 14.4 Å². The summed E-state index contributed by atoms with van der Waals surface area (Å²) in [7, 11) is 0. The molecule has 4 heterocycles. The van der Waals surface area contributed by atoms with Crippen molar-refractivity contribution < 1.29 is 9.47 Å². The highest BCUT2D eigenvalue weighted by atomic mass is 35.5. The van der Waals surface area contributed by atoms with Crippen LogP contribution >= 0.6 is 24.8 Å². The molecule has 1 saturated heterocycles. The predicted octanol–water partition coefficient (Wildman–Crippen LogP) is 2.25. The molecule has 2 aliphatic rings. The van der Waals surface area contributed by atoms with Gasteiger partial charge in [0.2, 0.25) is 12.7 Å². The van der Waals surface area contributed by atoms with Crippen molar-refractivity contribution in [2.75, 3.05) is 37.9 Å². The molecule has 2 aliphatic heterocycles. The number of piperazine rings is 1. The van der Waals surface area contributed by atoms with E-state index in [2.05, 4.69) is 41.9 Å². The minimum atomic E-state index is 0. The Morgan fingerprint density at radius 1 is 1.00 bits per heavy atom. The summed E-state index contributed by atoms with van der Waals surface area (Å²) in [6.07, 6.45) is 3.44. The number of imidazole rings is 1. The molecule has 27 heavy (non-hydrogen) atoms. The molecule has 3 aromatic rings. The minimum Gasteiger partial charge on any atom is -0.454 e. The molecule has 144 valence electrons. The molecule has 0 amide bonds. The summed E-state index contributed by atoms with van der Waals surface area (Å²) in [5.74, 6) is 2.43. The number of H-pyrrole nitrogens is 1. The highest BCUT2D eigenvalue weighted by molar-refractivity contribution is 5.85. The number of aromatic amines is 1. The van der Waals surface area contributed by atoms with E-state index in [-0.39, 0.29) is 24.8 Å². The molecule has 0 bridgehead atoms. The Labute approximate surface area is 168 Å². The van der Waals surface area contributed by atoms with Crippen LogP contribution in [0.1, 0.15) is 5.56 Å². The van der Waals surface area contributed by atoms with Gasteiger partial charge in [-0.25, -0.2) is 9.97 Å². The zero-order valence-electron chi connectivity index (χ0n) is 14.5. The first-order valence-electron chi connectivity index (χ1n) is 8.37. The normalized spacial score (nSPS) is 16.1. The molecule has 2 aromatic heterocycles. The number of benzene rings is 1. The third kappa shape index (κ3) is 3.87. The number of halogens is 2. The molecule has 1 aromatic carbocycles. The Kier molecular flexibility index (Phi) is 5.88. The second-order valence-electron chi connectivity index (χ2n) is 6.26. The van der Waals surface area contributed by atoms with Crippen LogP contribution in [0.2, 0.25) is 0 Å². The number of hydrogen-bond acceptors (Lipinski definition) is 7. The van der Waals surface area contributed by atoms with E-state index in [4.69, 9.17) is 9.47 Å². The fraction of sp³-hybridized carbons (Fsp3) is 0.353. The van der Waals surface area contributed by atoms with Crippen LogP contribution in [-0.4, -0.2) is 57.8 Å². The molecule has 0 spiro atoms. The van der Waals surface area contributed by atoms with Gasteiger partial charge in [-0.2, -0.15) is 4.98 Å². The quantitative estimate of drug-likeness (QED) is 0.708. The van der Waals surface area contributed by atoms with Gasteiger partial charge >= 0.3 is 0 Å². The summed E-state index contributed by atoms with van der Waals surface area (Å²) in [4.78, 5) is 20.8. The first-order chi connectivity index (χ1) is 12.3. The smallest absolute Gasteiger partial charge is 0.231 e. The van der Waals surface area contributed by atoms with E-state index in [1.54, 1.807) is 12.5 Å². The number of nitrogens with zero attached hydrogens (tertiary/aromatic N) is 5. The van der Waals surface area contributed by atoms with E-state index in [1.807, 2.05) is 6.07 Å². The molecule has 8 nitrogen and oxygen atoms in total. The lowest BCUT2D eigenvalue weighted by Gasteiger charge is -2.34. The maximum atomic E-state index is 5.46. The maximum Gasteiger partial charge on any atom is 0.231 e. The largest absolute Gasteiger partial charge is 0.454 e. The zero-order chi connectivity index (χ0) is 16.6. The Bertz CT molecular complexity index is 913. The van der Waals surface area contributed by atoms with E-state index >= 15 is 0 Å². The highest BCUT2D eigenvalue weighted by Crippen LogP contribution is 2.32. The first-order valence-corrected chi connectivity index (χ1v) is 8.37. The summed E-state index contributed by atoms with van der Waals surface area (Å²) in [5.41, 5.74) is 2.82. The average molecular weight is 411 g/mol. The first kappa shape index (κ1) is 19.5. The lowest BCUT2D eigenvalue weighted by molar-refractivity contribution is 0.174. The fourth-order valence-electron chi connectivity index (χ4n) is 3.28. The molecule has 0 saturated carbocycles. The Morgan fingerprint density at radius 3 is 2.67 bits per heavy atom. The molecule has 0 aliphatic carbocycles. The second kappa shape index (κ2) is 8.16. The van der Waals surface area contributed by atoms with Gasteiger partial charge in [-0.1, -0.05) is 6.07 Å².